The third-order valence-electron chi connectivity index (χ3n) is 3.52. The summed E-state index contributed by atoms with van der Waals surface area (Å²) in [4.78, 5) is 11.4. The van der Waals surface area contributed by atoms with Gasteiger partial charge in [-0.3, -0.25) is 4.79 Å². The van der Waals surface area contributed by atoms with Crippen molar-refractivity contribution >= 4 is 5.91 Å². The molecule has 0 spiro atoms. The molecule has 0 bridgehead atoms. The molecule has 1 N–H and O–H groups in total. The topological polar surface area (TPSA) is 42.2 Å². The van der Waals surface area contributed by atoms with E-state index in [1.807, 2.05) is 26.8 Å². The van der Waals surface area contributed by atoms with E-state index in [4.69, 9.17) is 4.42 Å². The highest BCUT2D eigenvalue weighted by atomic mass is 16.3. The van der Waals surface area contributed by atoms with Gasteiger partial charge in [0.05, 0.1) is 0 Å². The van der Waals surface area contributed by atoms with Crippen LogP contribution in [0.25, 0.3) is 0 Å². The van der Waals surface area contributed by atoms with Gasteiger partial charge in [-0.1, -0.05) is 6.92 Å². The summed E-state index contributed by atoms with van der Waals surface area (Å²) in [5.74, 6) is 1.97. The molecule has 0 radical (unpaired) electrons. The maximum atomic E-state index is 11.4. The van der Waals surface area contributed by atoms with Crippen LogP contribution < -0.4 is 5.32 Å². The molecule has 0 saturated carbocycles. The van der Waals surface area contributed by atoms with E-state index < -0.39 is 0 Å². The summed E-state index contributed by atoms with van der Waals surface area (Å²) in [6.07, 6.45) is 0.550. The van der Waals surface area contributed by atoms with E-state index in [1.165, 1.54) is 0 Å². The van der Waals surface area contributed by atoms with Crippen LogP contribution in [0.3, 0.4) is 0 Å². The molecular formula is C12H17NO2. The summed E-state index contributed by atoms with van der Waals surface area (Å²) >= 11 is 0. The lowest BCUT2D eigenvalue weighted by atomic mass is 9.76. The van der Waals surface area contributed by atoms with E-state index in [0.29, 0.717) is 6.42 Å². The maximum absolute atomic E-state index is 11.4. The summed E-state index contributed by atoms with van der Waals surface area (Å²) in [6.45, 7) is 8.07. The van der Waals surface area contributed by atoms with Gasteiger partial charge in [-0.15, -0.1) is 0 Å². The molecule has 82 valence electrons. The molecule has 1 saturated heterocycles. The van der Waals surface area contributed by atoms with Crippen molar-refractivity contribution < 1.29 is 9.21 Å². The van der Waals surface area contributed by atoms with E-state index in [-0.39, 0.29) is 17.4 Å². The van der Waals surface area contributed by atoms with Crippen molar-refractivity contribution in [2.45, 2.75) is 45.6 Å². The van der Waals surface area contributed by atoms with E-state index in [1.54, 1.807) is 0 Å². The van der Waals surface area contributed by atoms with Crippen LogP contribution >= 0.6 is 0 Å². The standard InChI is InChI=1S/C12H17NO2/c1-7-5-10(8(2)15-7)12(4)6-11(14)13-9(12)3/h5,9H,6H2,1-4H3,(H,13,14). The lowest BCUT2D eigenvalue weighted by Gasteiger charge is -2.26. The molecule has 2 unspecified atom stereocenters. The monoisotopic (exact) mass is 207 g/mol. The number of carbonyl (C=O) groups is 1. The van der Waals surface area contributed by atoms with Crippen LogP contribution in [0.5, 0.6) is 0 Å². The molecular weight excluding hydrogens is 190 g/mol. The Hall–Kier alpha value is -1.25. The van der Waals surface area contributed by atoms with Crippen molar-refractivity contribution in [1.82, 2.24) is 5.32 Å². The fourth-order valence-electron chi connectivity index (χ4n) is 2.46. The zero-order chi connectivity index (χ0) is 11.2. The van der Waals surface area contributed by atoms with Gasteiger partial charge in [0.25, 0.3) is 0 Å². The summed E-state index contributed by atoms with van der Waals surface area (Å²) in [6, 6.07) is 2.22. The van der Waals surface area contributed by atoms with Crippen LogP contribution in [0.1, 0.15) is 37.4 Å². The molecule has 1 amide bonds. The average Bonchev–Trinajstić information content (AvgIpc) is 2.55. The van der Waals surface area contributed by atoms with Gasteiger partial charge in [0.2, 0.25) is 5.91 Å². The highest BCUT2D eigenvalue weighted by Crippen LogP contribution is 2.38. The fourth-order valence-corrected chi connectivity index (χ4v) is 2.46. The largest absolute Gasteiger partial charge is 0.466 e. The molecule has 1 aliphatic rings. The molecule has 3 nitrogen and oxygen atoms in total. The van der Waals surface area contributed by atoms with Crippen molar-refractivity contribution in [2.24, 2.45) is 0 Å². The van der Waals surface area contributed by atoms with Crippen molar-refractivity contribution in [3.63, 3.8) is 0 Å². The number of carbonyl (C=O) groups excluding carboxylic acids is 1. The number of amides is 1. The minimum atomic E-state index is -0.126. The smallest absolute Gasteiger partial charge is 0.221 e. The molecule has 3 heteroatoms. The number of hydrogen-bond acceptors (Lipinski definition) is 2. The molecule has 1 aliphatic heterocycles. The molecule has 15 heavy (non-hydrogen) atoms. The summed E-state index contributed by atoms with van der Waals surface area (Å²) in [7, 11) is 0. The average molecular weight is 207 g/mol. The zero-order valence-corrected chi connectivity index (χ0v) is 9.68. The van der Waals surface area contributed by atoms with Crippen LogP contribution in [-0.4, -0.2) is 11.9 Å². The Morgan fingerprint density at radius 2 is 2.20 bits per heavy atom. The number of furan rings is 1. The second-order valence-electron chi connectivity index (χ2n) is 4.71. The second kappa shape index (κ2) is 3.12. The first-order chi connectivity index (χ1) is 6.93. The quantitative estimate of drug-likeness (QED) is 0.766. The molecule has 0 aromatic carbocycles. The summed E-state index contributed by atoms with van der Waals surface area (Å²) in [5, 5.41) is 2.96. The first-order valence-electron chi connectivity index (χ1n) is 5.30. The Kier molecular flexibility index (Phi) is 2.14. The van der Waals surface area contributed by atoms with Crippen molar-refractivity contribution in [3.05, 3.63) is 23.2 Å². The number of aryl methyl sites for hydroxylation is 2. The first kappa shape index (κ1) is 10.3. The van der Waals surface area contributed by atoms with E-state index in [0.717, 1.165) is 17.1 Å². The lowest BCUT2D eigenvalue weighted by molar-refractivity contribution is -0.119. The van der Waals surface area contributed by atoms with Gasteiger partial charge in [0.1, 0.15) is 11.5 Å². The van der Waals surface area contributed by atoms with Crippen LogP contribution in [0.2, 0.25) is 0 Å². The molecule has 1 aromatic heterocycles. The van der Waals surface area contributed by atoms with Crippen LogP contribution in [0, 0.1) is 13.8 Å². The van der Waals surface area contributed by atoms with E-state index in [9.17, 15) is 4.79 Å². The van der Waals surface area contributed by atoms with Gasteiger partial charge in [0, 0.05) is 23.4 Å². The number of hydrogen-bond donors (Lipinski definition) is 1. The minimum absolute atomic E-state index is 0.126. The lowest BCUT2D eigenvalue weighted by Crippen LogP contribution is -2.35. The van der Waals surface area contributed by atoms with Gasteiger partial charge in [0.15, 0.2) is 0 Å². The molecule has 1 aromatic rings. The Balaban J connectivity index is 2.45. The second-order valence-corrected chi connectivity index (χ2v) is 4.71. The highest BCUT2D eigenvalue weighted by molar-refractivity contribution is 5.81. The number of rotatable bonds is 1. The normalized spacial score (nSPS) is 30.7. The molecule has 1 fully saturated rings. The molecule has 2 atom stereocenters. The highest BCUT2D eigenvalue weighted by Gasteiger charge is 2.43. The third-order valence-corrected chi connectivity index (χ3v) is 3.52. The van der Waals surface area contributed by atoms with Crippen molar-refractivity contribution in [3.8, 4) is 0 Å². The van der Waals surface area contributed by atoms with E-state index in [2.05, 4.69) is 12.2 Å². The predicted molar refractivity (Wildman–Crippen MR) is 57.8 cm³/mol. The number of nitrogens with one attached hydrogen (secondary N) is 1. The van der Waals surface area contributed by atoms with Gasteiger partial charge in [-0.05, 0) is 26.8 Å². The third kappa shape index (κ3) is 1.46. The van der Waals surface area contributed by atoms with Gasteiger partial charge in [-0.2, -0.15) is 0 Å². The van der Waals surface area contributed by atoms with E-state index >= 15 is 0 Å². The van der Waals surface area contributed by atoms with Crippen LogP contribution in [0.4, 0.5) is 0 Å². The maximum Gasteiger partial charge on any atom is 0.221 e. The predicted octanol–water partition coefficient (Wildman–Crippen LogP) is 2.06. The van der Waals surface area contributed by atoms with Gasteiger partial charge < -0.3 is 9.73 Å². The first-order valence-corrected chi connectivity index (χ1v) is 5.30. The SMILES string of the molecule is Cc1cc(C2(C)CC(=O)NC2C)c(C)o1. The molecule has 0 aliphatic carbocycles. The minimum Gasteiger partial charge on any atom is -0.466 e. The summed E-state index contributed by atoms with van der Waals surface area (Å²) in [5.41, 5.74) is 1.03. The van der Waals surface area contributed by atoms with Crippen LogP contribution in [0.15, 0.2) is 10.5 Å². The Morgan fingerprint density at radius 1 is 1.53 bits per heavy atom. The Labute approximate surface area is 89.9 Å². The summed E-state index contributed by atoms with van der Waals surface area (Å²) < 4.78 is 5.54. The Bertz CT molecular complexity index is 408. The van der Waals surface area contributed by atoms with Crippen LogP contribution in [-0.2, 0) is 10.2 Å². The fraction of sp³-hybridized carbons (Fsp3) is 0.583. The van der Waals surface area contributed by atoms with Gasteiger partial charge in [-0.25, -0.2) is 0 Å². The van der Waals surface area contributed by atoms with Crippen molar-refractivity contribution in [2.75, 3.05) is 0 Å². The van der Waals surface area contributed by atoms with Crippen molar-refractivity contribution in [1.29, 1.82) is 0 Å². The molecule has 2 heterocycles. The molecule has 2 rings (SSSR count). The Morgan fingerprint density at radius 3 is 2.60 bits per heavy atom. The zero-order valence-electron chi connectivity index (χ0n) is 9.68. The van der Waals surface area contributed by atoms with Gasteiger partial charge >= 0.3 is 0 Å².